The van der Waals surface area contributed by atoms with Crippen molar-refractivity contribution in [2.24, 2.45) is 0 Å². The SMILES string of the molecule is CC(C)(Oc1ccc(CCCNS(=O)(=O)c2ccc(-c3ccccc3)cc2)cc1)C(=O)O. The molecule has 0 aliphatic heterocycles. The van der Waals surface area contributed by atoms with E-state index in [0.717, 1.165) is 16.7 Å². The van der Waals surface area contributed by atoms with Crippen molar-refractivity contribution < 1.29 is 23.1 Å². The molecule has 0 aliphatic carbocycles. The summed E-state index contributed by atoms with van der Waals surface area (Å²) in [7, 11) is -3.57. The van der Waals surface area contributed by atoms with Gasteiger partial charge in [-0.15, -0.1) is 0 Å². The van der Waals surface area contributed by atoms with Crippen molar-refractivity contribution in [3.8, 4) is 16.9 Å². The molecule has 3 aromatic carbocycles. The number of sulfonamides is 1. The predicted octanol–water partition coefficient (Wildman–Crippen LogP) is 4.51. The van der Waals surface area contributed by atoms with Crippen molar-refractivity contribution in [1.82, 2.24) is 4.72 Å². The molecule has 7 heteroatoms. The monoisotopic (exact) mass is 453 g/mol. The van der Waals surface area contributed by atoms with Gasteiger partial charge in [-0.2, -0.15) is 0 Å². The number of aryl methyl sites for hydroxylation is 1. The first-order valence-corrected chi connectivity index (χ1v) is 11.8. The van der Waals surface area contributed by atoms with Crippen LogP contribution in [0.2, 0.25) is 0 Å². The molecule has 0 aliphatic rings. The number of aliphatic carboxylic acids is 1. The number of nitrogens with one attached hydrogen (secondary N) is 1. The fraction of sp³-hybridized carbons (Fsp3) is 0.240. The van der Waals surface area contributed by atoms with Crippen molar-refractivity contribution in [3.63, 3.8) is 0 Å². The van der Waals surface area contributed by atoms with Crippen LogP contribution in [-0.2, 0) is 21.2 Å². The number of carboxylic acid groups (broad SMARTS) is 1. The molecule has 32 heavy (non-hydrogen) atoms. The maximum absolute atomic E-state index is 12.5. The molecule has 2 N–H and O–H groups in total. The van der Waals surface area contributed by atoms with Crippen LogP contribution >= 0.6 is 0 Å². The van der Waals surface area contributed by atoms with Crippen LogP contribution in [0.5, 0.6) is 5.75 Å². The smallest absolute Gasteiger partial charge is 0.347 e. The summed E-state index contributed by atoms with van der Waals surface area (Å²) in [5.41, 5.74) is 1.70. The first kappa shape index (κ1) is 23.5. The highest BCUT2D eigenvalue weighted by atomic mass is 32.2. The lowest BCUT2D eigenvalue weighted by Gasteiger charge is -2.21. The zero-order valence-corrected chi connectivity index (χ0v) is 18.9. The maximum atomic E-state index is 12.5. The third-order valence-corrected chi connectivity index (χ3v) is 6.49. The van der Waals surface area contributed by atoms with Crippen LogP contribution in [0.1, 0.15) is 25.8 Å². The molecule has 0 atom stereocenters. The summed E-state index contributed by atoms with van der Waals surface area (Å²) >= 11 is 0. The second-order valence-electron chi connectivity index (χ2n) is 7.95. The van der Waals surface area contributed by atoms with Crippen LogP contribution in [0.15, 0.2) is 83.8 Å². The van der Waals surface area contributed by atoms with Gasteiger partial charge in [-0.3, -0.25) is 0 Å². The van der Waals surface area contributed by atoms with E-state index in [1.807, 2.05) is 42.5 Å². The van der Waals surface area contributed by atoms with E-state index in [-0.39, 0.29) is 4.90 Å². The number of carboxylic acids is 1. The Morgan fingerprint density at radius 1 is 0.906 bits per heavy atom. The average molecular weight is 454 g/mol. The molecule has 0 fully saturated rings. The van der Waals surface area contributed by atoms with Gasteiger partial charge in [-0.05, 0) is 67.6 Å². The molecule has 0 amide bonds. The normalized spacial score (nSPS) is 11.8. The standard InChI is InChI=1S/C25H27NO5S/c1-25(2,24(27)28)31-22-14-10-19(11-15-22)7-6-18-26-32(29,30)23-16-12-21(13-17-23)20-8-4-3-5-9-20/h3-5,8-17,26H,6-7,18H2,1-2H3,(H,27,28). The summed E-state index contributed by atoms with van der Waals surface area (Å²) in [6.07, 6.45) is 1.31. The Kier molecular flexibility index (Phi) is 7.33. The van der Waals surface area contributed by atoms with Crippen LogP contribution in [-0.4, -0.2) is 31.6 Å². The molecule has 6 nitrogen and oxygen atoms in total. The van der Waals surface area contributed by atoms with Crippen LogP contribution in [0, 0.1) is 0 Å². The van der Waals surface area contributed by atoms with Gasteiger partial charge in [-0.25, -0.2) is 17.9 Å². The Bertz CT molecular complexity index is 1140. The second-order valence-corrected chi connectivity index (χ2v) is 9.72. The highest BCUT2D eigenvalue weighted by Gasteiger charge is 2.29. The minimum atomic E-state index is -3.57. The van der Waals surface area contributed by atoms with Gasteiger partial charge < -0.3 is 9.84 Å². The molecule has 0 aromatic heterocycles. The number of ether oxygens (including phenoxy) is 1. The zero-order chi connectivity index (χ0) is 23.2. The summed E-state index contributed by atoms with van der Waals surface area (Å²) < 4.78 is 33.2. The van der Waals surface area contributed by atoms with Crippen molar-refractivity contribution in [2.45, 2.75) is 37.2 Å². The molecule has 0 bridgehead atoms. The maximum Gasteiger partial charge on any atom is 0.347 e. The molecule has 0 heterocycles. The molecule has 0 saturated heterocycles. The molecule has 3 rings (SSSR count). The Morgan fingerprint density at radius 3 is 2.09 bits per heavy atom. The first-order chi connectivity index (χ1) is 15.2. The summed E-state index contributed by atoms with van der Waals surface area (Å²) in [6, 6.07) is 23.8. The summed E-state index contributed by atoms with van der Waals surface area (Å²) in [5.74, 6) is -0.565. The Morgan fingerprint density at radius 2 is 1.50 bits per heavy atom. The minimum Gasteiger partial charge on any atom is -0.478 e. The van der Waals surface area contributed by atoms with Gasteiger partial charge in [0.1, 0.15) is 5.75 Å². The van der Waals surface area contributed by atoms with E-state index in [4.69, 9.17) is 9.84 Å². The Labute approximate surface area is 188 Å². The molecular formula is C25H27NO5S. The van der Waals surface area contributed by atoms with Gasteiger partial charge in [-0.1, -0.05) is 54.6 Å². The molecule has 0 saturated carbocycles. The molecule has 3 aromatic rings. The summed E-state index contributed by atoms with van der Waals surface area (Å²) in [5, 5.41) is 9.13. The number of hydrogen-bond donors (Lipinski definition) is 2. The second kappa shape index (κ2) is 9.97. The molecule has 0 radical (unpaired) electrons. The molecule has 0 spiro atoms. The quantitative estimate of drug-likeness (QED) is 0.441. The van der Waals surface area contributed by atoms with Gasteiger partial charge in [0.05, 0.1) is 4.90 Å². The predicted molar refractivity (Wildman–Crippen MR) is 124 cm³/mol. The van der Waals surface area contributed by atoms with Gasteiger partial charge in [0.2, 0.25) is 10.0 Å². The fourth-order valence-electron chi connectivity index (χ4n) is 3.10. The number of rotatable bonds is 10. The minimum absolute atomic E-state index is 0.236. The highest BCUT2D eigenvalue weighted by molar-refractivity contribution is 7.89. The zero-order valence-electron chi connectivity index (χ0n) is 18.1. The number of carbonyl (C=O) groups is 1. The largest absolute Gasteiger partial charge is 0.478 e. The molecular weight excluding hydrogens is 426 g/mol. The van der Waals surface area contributed by atoms with Crippen molar-refractivity contribution in [3.05, 3.63) is 84.4 Å². The van der Waals surface area contributed by atoms with E-state index in [0.29, 0.717) is 25.1 Å². The van der Waals surface area contributed by atoms with Crippen LogP contribution < -0.4 is 9.46 Å². The van der Waals surface area contributed by atoms with E-state index in [1.54, 1.807) is 36.4 Å². The van der Waals surface area contributed by atoms with E-state index in [2.05, 4.69) is 4.72 Å². The summed E-state index contributed by atoms with van der Waals surface area (Å²) in [6.45, 7) is 3.29. The topological polar surface area (TPSA) is 92.7 Å². The van der Waals surface area contributed by atoms with Gasteiger partial charge in [0.25, 0.3) is 0 Å². The molecule has 168 valence electrons. The van der Waals surface area contributed by atoms with Gasteiger partial charge in [0.15, 0.2) is 5.60 Å². The first-order valence-electron chi connectivity index (χ1n) is 10.3. The van der Waals surface area contributed by atoms with Crippen LogP contribution in [0.3, 0.4) is 0 Å². The van der Waals surface area contributed by atoms with E-state index >= 15 is 0 Å². The average Bonchev–Trinajstić information content (AvgIpc) is 2.78. The van der Waals surface area contributed by atoms with E-state index in [1.165, 1.54) is 13.8 Å². The molecule has 0 unspecified atom stereocenters. The third kappa shape index (κ3) is 6.18. The number of hydrogen-bond acceptors (Lipinski definition) is 4. The van der Waals surface area contributed by atoms with E-state index in [9.17, 15) is 13.2 Å². The Balaban J connectivity index is 1.50. The number of benzene rings is 3. The van der Waals surface area contributed by atoms with Gasteiger partial charge >= 0.3 is 5.97 Å². The van der Waals surface area contributed by atoms with Crippen LogP contribution in [0.25, 0.3) is 11.1 Å². The van der Waals surface area contributed by atoms with Crippen molar-refractivity contribution >= 4 is 16.0 Å². The fourth-order valence-corrected chi connectivity index (χ4v) is 4.18. The lowest BCUT2D eigenvalue weighted by atomic mass is 10.1. The van der Waals surface area contributed by atoms with Crippen LogP contribution in [0.4, 0.5) is 0 Å². The highest BCUT2D eigenvalue weighted by Crippen LogP contribution is 2.22. The van der Waals surface area contributed by atoms with Gasteiger partial charge in [0, 0.05) is 6.54 Å². The lowest BCUT2D eigenvalue weighted by Crippen LogP contribution is -2.37. The summed E-state index contributed by atoms with van der Waals surface area (Å²) in [4.78, 5) is 11.4. The Hall–Kier alpha value is -3.16. The lowest BCUT2D eigenvalue weighted by molar-refractivity contribution is -0.152. The van der Waals surface area contributed by atoms with Crippen molar-refractivity contribution in [2.75, 3.05) is 6.54 Å². The third-order valence-electron chi connectivity index (χ3n) is 5.02. The van der Waals surface area contributed by atoms with Crippen molar-refractivity contribution in [1.29, 1.82) is 0 Å². The van der Waals surface area contributed by atoms with E-state index < -0.39 is 21.6 Å².